The van der Waals surface area contributed by atoms with Crippen molar-refractivity contribution < 1.29 is 4.79 Å². The van der Waals surface area contributed by atoms with Crippen LogP contribution in [0.3, 0.4) is 0 Å². The molecule has 1 aliphatic heterocycles. The third kappa shape index (κ3) is 3.86. The standard InChI is InChI=1S/C17H22N4O/c1-13-4-5-14(2)16(10-13)19-12-15(11-18)17(22)21-8-6-20(3)7-9-21/h4-5,10,12,19H,6-9H2,1-3H3/b15-12-. The van der Waals surface area contributed by atoms with Crippen LogP contribution in [-0.2, 0) is 4.79 Å². The van der Waals surface area contributed by atoms with Gasteiger partial charge in [0, 0.05) is 38.1 Å². The van der Waals surface area contributed by atoms with Gasteiger partial charge < -0.3 is 15.1 Å². The van der Waals surface area contributed by atoms with Crippen LogP contribution in [0, 0.1) is 25.2 Å². The van der Waals surface area contributed by atoms with Gasteiger partial charge in [0.15, 0.2) is 0 Å². The third-order valence-corrected chi connectivity index (χ3v) is 3.91. The van der Waals surface area contributed by atoms with E-state index in [1.54, 1.807) is 4.90 Å². The Balaban J connectivity index is 2.09. The molecular weight excluding hydrogens is 276 g/mol. The molecule has 5 heteroatoms. The van der Waals surface area contributed by atoms with Crippen molar-refractivity contribution in [2.24, 2.45) is 0 Å². The molecule has 0 atom stereocenters. The Morgan fingerprint density at radius 2 is 1.95 bits per heavy atom. The summed E-state index contributed by atoms with van der Waals surface area (Å²) in [7, 11) is 2.03. The van der Waals surface area contributed by atoms with Gasteiger partial charge >= 0.3 is 0 Å². The predicted molar refractivity (Wildman–Crippen MR) is 87.3 cm³/mol. The molecule has 1 amide bonds. The molecule has 0 unspecified atom stereocenters. The number of likely N-dealkylation sites (N-methyl/N-ethyl adjacent to an activating group) is 1. The Morgan fingerprint density at radius 3 is 2.59 bits per heavy atom. The number of hydrogen-bond acceptors (Lipinski definition) is 4. The van der Waals surface area contributed by atoms with Crippen LogP contribution in [0.15, 0.2) is 30.0 Å². The van der Waals surface area contributed by atoms with Crippen LogP contribution in [0.1, 0.15) is 11.1 Å². The number of carbonyl (C=O) groups is 1. The van der Waals surface area contributed by atoms with Crippen molar-refractivity contribution >= 4 is 11.6 Å². The van der Waals surface area contributed by atoms with Crippen molar-refractivity contribution in [1.82, 2.24) is 9.80 Å². The molecule has 1 N–H and O–H groups in total. The summed E-state index contributed by atoms with van der Waals surface area (Å²) in [6.07, 6.45) is 1.52. The smallest absolute Gasteiger partial charge is 0.266 e. The Bertz CT molecular complexity index is 622. The number of benzene rings is 1. The lowest BCUT2D eigenvalue weighted by Gasteiger charge is -2.32. The SMILES string of the molecule is Cc1ccc(C)c(N/C=C(/C#N)C(=O)N2CCN(C)CC2)c1. The second-order valence-corrected chi connectivity index (χ2v) is 5.73. The third-order valence-electron chi connectivity index (χ3n) is 3.91. The van der Waals surface area contributed by atoms with Crippen LogP contribution in [0.25, 0.3) is 0 Å². The molecule has 1 fully saturated rings. The van der Waals surface area contributed by atoms with E-state index in [9.17, 15) is 10.1 Å². The largest absolute Gasteiger partial charge is 0.360 e. The lowest BCUT2D eigenvalue weighted by atomic mass is 10.1. The first-order valence-corrected chi connectivity index (χ1v) is 7.43. The van der Waals surface area contributed by atoms with E-state index in [0.29, 0.717) is 13.1 Å². The summed E-state index contributed by atoms with van der Waals surface area (Å²) in [5, 5.41) is 12.4. The highest BCUT2D eigenvalue weighted by Gasteiger charge is 2.22. The first-order valence-electron chi connectivity index (χ1n) is 7.43. The molecular formula is C17H22N4O. The summed E-state index contributed by atoms with van der Waals surface area (Å²) >= 11 is 0. The van der Waals surface area contributed by atoms with Crippen LogP contribution in [0.4, 0.5) is 5.69 Å². The average Bonchev–Trinajstić information content (AvgIpc) is 2.51. The maximum Gasteiger partial charge on any atom is 0.266 e. The van der Waals surface area contributed by atoms with Crippen molar-refractivity contribution in [2.45, 2.75) is 13.8 Å². The molecule has 0 saturated carbocycles. The van der Waals surface area contributed by atoms with Crippen LogP contribution >= 0.6 is 0 Å². The fraction of sp³-hybridized carbons (Fsp3) is 0.412. The van der Waals surface area contributed by atoms with Gasteiger partial charge in [-0.1, -0.05) is 12.1 Å². The van der Waals surface area contributed by atoms with Gasteiger partial charge in [0.05, 0.1) is 0 Å². The molecule has 0 radical (unpaired) electrons. The van der Waals surface area contributed by atoms with Gasteiger partial charge in [0.25, 0.3) is 5.91 Å². The van der Waals surface area contributed by atoms with Crippen LogP contribution in [0.2, 0.25) is 0 Å². The summed E-state index contributed by atoms with van der Waals surface area (Å²) in [6, 6.07) is 8.06. The van der Waals surface area contributed by atoms with Crippen molar-refractivity contribution in [3.05, 3.63) is 41.1 Å². The number of nitriles is 1. The summed E-state index contributed by atoms with van der Waals surface area (Å²) in [4.78, 5) is 16.3. The maximum absolute atomic E-state index is 12.4. The molecule has 116 valence electrons. The Hall–Kier alpha value is -2.32. The first-order chi connectivity index (χ1) is 10.5. The summed E-state index contributed by atoms with van der Waals surface area (Å²) in [5.41, 5.74) is 3.26. The Morgan fingerprint density at radius 1 is 1.27 bits per heavy atom. The van der Waals surface area contributed by atoms with Crippen LogP contribution in [0.5, 0.6) is 0 Å². The zero-order chi connectivity index (χ0) is 16.1. The highest BCUT2D eigenvalue weighted by molar-refractivity contribution is 5.97. The zero-order valence-corrected chi connectivity index (χ0v) is 13.4. The van der Waals surface area contributed by atoms with Gasteiger partial charge in [-0.15, -0.1) is 0 Å². The summed E-state index contributed by atoms with van der Waals surface area (Å²) < 4.78 is 0. The maximum atomic E-state index is 12.4. The van der Waals surface area contributed by atoms with Crippen molar-refractivity contribution in [1.29, 1.82) is 5.26 Å². The molecule has 1 aromatic rings. The number of aryl methyl sites for hydroxylation is 2. The lowest BCUT2D eigenvalue weighted by Crippen LogP contribution is -2.47. The second kappa shape index (κ2) is 7.10. The van der Waals surface area contributed by atoms with E-state index in [1.165, 1.54) is 6.20 Å². The number of amides is 1. The number of rotatable bonds is 3. The number of piperazine rings is 1. The van der Waals surface area contributed by atoms with Crippen LogP contribution < -0.4 is 5.32 Å². The average molecular weight is 298 g/mol. The number of nitrogens with one attached hydrogen (secondary N) is 1. The van der Waals surface area contributed by atoms with Crippen molar-refractivity contribution in [3.63, 3.8) is 0 Å². The number of anilines is 1. The zero-order valence-electron chi connectivity index (χ0n) is 13.4. The molecule has 1 heterocycles. The summed E-state index contributed by atoms with van der Waals surface area (Å²) in [6.45, 7) is 7.01. The van der Waals surface area contributed by atoms with Crippen LogP contribution in [-0.4, -0.2) is 48.9 Å². The van der Waals surface area contributed by atoms with Gasteiger partial charge in [-0.2, -0.15) is 5.26 Å². The van der Waals surface area contributed by atoms with E-state index in [4.69, 9.17) is 0 Å². The highest BCUT2D eigenvalue weighted by Crippen LogP contribution is 2.17. The number of carbonyl (C=O) groups excluding carboxylic acids is 1. The normalized spacial score (nSPS) is 16.3. The Labute approximate surface area is 131 Å². The van der Waals surface area contributed by atoms with Gasteiger partial charge in [-0.05, 0) is 38.1 Å². The molecule has 2 rings (SSSR count). The van der Waals surface area contributed by atoms with Gasteiger partial charge in [0.2, 0.25) is 0 Å². The quantitative estimate of drug-likeness (QED) is 0.684. The van der Waals surface area contributed by atoms with E-state index < -0.39 is 0 Å². The Kier molecular flexibility index (Phi) is 5.18. The molecule has 1 aromatic carbocycles. The first kappa shape index (κ1) is 16.1. The van der Waals surface area contributed by atoms with Gasteiger partial charge in [-0.25, -0.2) is 0 Å². The fourth-order valence-corrected chi connectivity index (χ4v) is 2.36. The number of hydrogen-bond donors (Lipinski definition) is 1. The molecule has 1 saturated heterocycles. The topological polar surface area (TPSA) is 59.4 Å². The molecule has 0 spiro atoms. The van der Waals surface area contributed by atoms with E-state index in [1.807, 2.05) is 45.2 Å². The van der Waals surface area contributed by atoms with E-state index in [0.717, 1.165) is 29.9 Å². The predicted octanol–water partition coefficient (Wildman–Crippen LogP) is 1.90. The van der Waals surface area contributed by atoms with E-state index >= 15 is 0 Å². The number of nitrogens with zero attached hydrogens (tertiary/aromatic N) is 3. The van der Waals surface area contributed by atoms with E-state index in [2.05, 4.69) is 10.2 Å². The lowest BCUT2D eigenvalue weighted by molar-refractivity contribution is -0.128. The minimum Gasteiger partial charge on any atom is -0.360 e. The molecule has 0 bridgehead atoms. The monoisotopic (exact) mass is 298 g/mol. The summed E-state index contributed by atoms with van der Waals surface area (Å²) in [5.74, 6) is -0.201. The molecule has 22 heavy (non-hydrogen) atoms. The van der Waals surface area contributed by atoms with Crippen molar-refractivity contribution in [3.8, 4) is 6.07 Å². The minimum atomic E-state index is -0.201. The fourth-order valence-electron chi connectivity index (χ4n) is 2.36. The molecule has 0 aliphatic carbocycles. The second-order valence-electron chi connectivity index (χ2n) is 5.73. The molecule has 1 aliphatic rings. The van der Waals surface area contributed by atoms with E-state index in [-0.39, 0.29) is 11.5 Å². The molecule has 0 aromatic heterocycles. The minimum absolute atomic E-state index is 0.144. The van der Waals surface area contributed by atoms with Gasteiger partial charge in [0.1, 0.15) is 11.6 Å². The van der Waals surface area contributed by atoms with Crippen molar-refractivity contribution in [2.75, 3.05) is 38.5 Å². The molecule has 5 nitrogen and oxygen atoms in total. The van der Waals surface area contributed by atoms with Gasteiger partial charge in [-0.3, -0.25) is 4.79 Å². The highest BCUT2D eigenvalue weighted by atomic mass is 16.2.